The fraction of sp³-hybridized carbons (Fsp3) is 0.308. The summed E-state index contributed by atoms with van der Waals surface area (Å²) in [7, 11) is 1.62. The van der Waals surface area contributed by atoms with Gasteiger partial charge < -0.3 is 9.15 Å². The van der Waals surface area contributed by atoms with Crippen molar-refractivity contribution in [2.24, 2.45) is 0 Å². The lowest BCUT2D eigenvalue weighted by Gasteiger charge is -2.03. The van der Waals surface area contributed by atoms with E-state index >= 15 is 0 Å². The number of fused-ring (bicyclic) bond motifs is 1. The standard InChI is InChI=1S/C13H14O3/c1-8(2)13-10-6-9(15-3)4-5-11(10)16-12(13)7-14/h4-8H,1-3H3. The zero-order valence-electron chi connectivity index (χ0n) is 9.61. The van der Waals surface area contributed by atoms with Gasteiger partial charge in [-0.05, 0) is 24.1 Å². The molecule has 2 rings (SSSR count). The van der Waals surface area contributed by atoms with E-state index in [9.17, 15) is 4.79 Å². The van der Waals surface area contributed by atoms with Crippen LogP contribution in [0, 0.1) is 0 Å². The second-order valence-corrected chi connectivity index (χ2v) is 4.01. The van der Waals surface area contributed by atoms with Crippen LogP contribution in [-0.4, -0.2) is 13.4 Å². The molecule has 0 unspecified atom stereocenters. The maximum atomic E-state index is 10.9. The second kappa shape index (κ2) is 4.00. The van der Waals surface area contributed by atoms with Crippen molar-refractivity contribution in [1.29, 1.82) is 0 Å². The van der Waals surface area contributed by atoms with Crippen LogP contribution in [0.25, 0.3) is 11.0 Å². The van der Waals surface area contributed by atoms with Gasteiger partial charge in [-0.3, -0.25) is 4.79 Å². The van der Waals surface area contributed by atoms with Crippen molar-refractivity contribution >= 4 is 17.3 Å². The number of carbonyl (C=O) groups excluding carboxylic acids is 1. The Morgan fingerprint density at radius 2 is 2.12 bits per heavy atom. The van der Waals surface area contributed by atoms with Gasteiger partial charge in [-0.15, -0.1) is 0 Å². The first-order chi connectivity index (χ1) is 7.67. The van der Waals surface area contributed by atoms with Crippen LogP contribution in [0.4, 0.5) is 0 Å². The molecule has 0 fully saturated rings. The molecule has 3 heteroatoms. The molecule has 2 aromatic rings. The Bertz CT molecular complexity index is 523. The minimum absolute atomic E-state index is 0.244. The molecule has 84 valence electrons. The lowest BCUT2D eigenvalue weighted by atomic mass is 10.00. The first-order valence-electron chi connectivity index (χ1n) is 5.23. The smallest absolute Gasteiger partial charge is 0.185 e. The molecule has 0 saturated carbocycles. The van der Waals surface area contributed by atoms with Gasteiger partial charge in [0.05, 0.1) is 7.11 Å². The summed E-state index contributed by atoms with van der Waals surface area (Å²) in [6.07, 6.45) is 0.766. The van der Waals surface area contributed by atoms with Crippen molar-refractivity contribution in [3.05, 3.63) is 29.5 Å². The Kier molecular flexibility index (Phi) is 2.69. The van der Waals surface area contributed by atoms with E-state index in [1.807, 2.05) is 32.0 Å². The maximum absolute atomic E-state index is 10.9. The van der Waals surface area contributed by atoms with Crippen LogP contribution >= 0.6 is 0 Å². The summed E-state index contributed by atoms with van der Waals surface area (Å²) in [5.74, 6) is 1.43. The Morgan fingerprint density at radius 3 is 2.69 bits per heavy atom. The van der Waals surface area contributed by atoms with Crippen LogP contribution in [0.15, 0.2) is 22.6 Å². The topological polar surface area (TPSA) is 39.4 Å². The van der Waals surface area contributed by atoms with E-state index in [0.717, 1.165) is 28.6 Å². The van der Waals surface area contributed by atoms with E-state index in [2.05, 4.69) is 0 Å². The van der Waals surface area contributed by atoms with E-state index in [-0.39, 0.29) is 5.92 Å². The van der Waals surface area contributed by atoms with Crippen molar-refractivity contribution in [3.63, 3.8) is 0 Å². The molecule has 0 amide bonds. The fourth-order valence-electron chi connectivity index (χ4n) is 1.92. The molecule has 16 heavy (non-hydrogen) atoms. The van der Waals surface area contributed by atoms with Gasteiger partial charge >= 0.3 is 0 Å². The highest BCUT2D eigenvalue weighted by atomic mass is 16.5. The normalized spacial score (nSPS) is 11.0. The van der Waals surface area contributed by atoms with Crippen LogP contribution < -0.4 is 4.74 Å². The molecule has 0 atom stereocenters. The highest BCUT2D eigenvalue weighted by Gasteiger charge is 2.16. The van der Waals surface area contributed by atoms with Gasteiger partial charge in [-0.2, -0.15) is 0 Å². The van der Waals surface area contributed by atoms with Gasteiger partial charge in [-0.25, -0.2) is 0 Å². The van der Waals surface area contributed by atoms with Crippen LogP contribution in [0.5, 0.6) is 5.75 Å². The highest BCUT2D eigenvalue weighted by molar-refractivity contribution is 5.91. The predicted molar refractivity (Wildman–Crippen MR) is 62.2 cm³/mol. The third-order valence-electron chi connectivity index (χ3n) is 2.65. The third-order valence-corrected chi connectivity index (χ3v) is 2.65. The highest BCUT2D eigenvalue weighted by Crippen LogP contribution is 2.33. The Balaban J connectivity index is 2.75. The molecule has 0 aliphatic rings. The summed E-state index contributed by atoms with van der Waals surface area (Å²) in [6.45, 7) is 4.08. The average Bonchev–Trinajstić information content (AvgIpc) is 2.65. The van der Waals surface area contributed by atoms with E-state index in [0.29, 0.717) is 5.76 Å². The molecule has 0 N–H and O–H groups in total. The van der Waals surface area contributed by atoms with Crippen LogP contribution in [0.2, 0.25) is 0 Å². The molecule has 3 nitrogen and oxygen atoms in total. The largest absolute Gasteiger partial charge is 0.497 e. The number of ether oxygens (including phenoxy) is 1. The first kappa shape index (κ1) is 10.7. The molecule has 1 aromatic carbocycles. The molecule has 1 aromatic heterocycles. The molecular formula is C13H14O3. The minimum atomic E-state index is 0.244. The van der Waals surface area contributed by atoms with Gasteiger partial charge in [0.2, 0.25) is 0 Å². The zero-order valence-corrected chi connectivity index (χ0v) is 9.61. The Labute approximate surface area is 94.0 Å². The molecular weight excluding hydrogens is 204 g/mol. The van der Waals surface area contributed by atoms with Crippen molar-refractivity contribution in [1.82, 2.24) is 0 Å². The fourth-order valence-corrected chi connectivity index (χ4v) is 1.92. The van der Waals surface area contributed by atoms with Gasteiger partial charge in [0.25, 0.3) is 0 Å². The summed E-state index contributed by atoms with van der Waals surface area (Å²) in [4.78, 5) is 10.9. The van der Waals surface area contributed by atoms with Crippen molar-refractivity contribution in [3.8, 4) is 5.75 Å². The molecule has 0 saturated heterocycles. The Hall–Kier alpha value is -1.77. The molecule has 0 aliphatic heterocycles. The van der Waals surface area contributed by atoms with Crippen LogP contribution in [0.1, 0.15) is 35.9 Å². The van der Waals surface area contributed by atoms with Gasteiger partial charge in [0.1, 0.15) is 11.3 Å². The number of benzene rings is 1. The molecule has 0 radical (unpaired) electrons. The van der Waals surface area contributed by atoms with Crippen molar-refractivity contribution in [2.75, 3.05) is 7.11 Å². The summed E-state index contributed by atoms with van der Waals surface area (Å²) in [5.41, 5.74) is 1.68. The lowest BCUT2D eigenvalue weighted by Crippen LogP contribution is -1.90. The maximum Gasteiger partial charge on any atom is 0.185 e. The number of carbonyl (C=O) groups is 1. The van der Waals surface area contributed by atoms with Gasteiger partial charge in [0.15, 0.2) is 12.0 Å². The zero-order chi connectivity index (χ0) is 11.7. The second-order valence-electron chi connectivity index (χ2n) is 4.01. The molecule has 1 heterocycles. The van der Waals surface area contributed by atoms with E-state index in [1.165, 1.54) is 0 Å². The lowest BCUT2D eigenvalue weighted by molar-refractivity contribution is 0.110. The number of aldehydes is 1. The number of rotatable bonds is 3. The SMILES string of the molecule is COc1ccc2oc(C=O)c(C(C)C)c2c1. The number of furan rings is 1. The number of methoxy groups -OCH3 is 1. The summed E-state index contributed by atoms with van der Waals surface area (Å²) < 4.78 is 10.7. The van der Waals surface area contributed by atoms with E-state index in [4.69, 9.17) is 9.15 Å². The minimum Gasteiger partial charge on any atom is -0.497 e. The molecule has 0 aliphatic carbocycles. The first-order valence-corrected chi connectivity index (χ1v) is 5.23. The monoisotopic (exact) mass is 218 g/mol. The summed E-state index contributed by atoms with van der Waals surface area (Å²) in [5, 5.41) is 0.955. The van der Waals surface area contributed by atoms with Crippen LogP contribution in [0.3, 0.4) is 0 Å². The number of hydrogen-bond acceptors (Lipinski definition) is 3. The Morgan fingerprint density at radius 1 is 1.38 bits per heavy atom. The number of hydrogen-bond donors (Lipinski definition) is 0. The summed E-state index contributed by atoms with van der Waals surface area (Å²) in [6, 6.07) is 5.55. The van der Waals surface area contributed by atoms with Gasteiger partial charge in [-0.1, -0.05) is 13.8 Å². The average molecular weight is 218 g/mol. The van der Waals surface area contributed by atoms with Crippen molar-refractivity contribution in [2.45, 2.75) is 19.8 Å². The van der Waals surface area contributed by atoms with Gasteiger partial charge in [0, 0.05) is 10.9 Å². The van der Waals surface area contributed by atoms with E-state index < -0.39 is 0 Å². The quantitative estimate of drug-likeness (QED) is 0.741. The molecule has 0 bridgehead atoms. The van der Waals surface area contributed by atoms with Crippen molar-refractivity contribution < 1.29 is 13.9 Å². The van der Waals surface area contributed by atoms with Crippen LogP contribution in [-0.2, 0) is 0 Å². The van der Waals surface area contributed by atoms with E-state index in [1.54, 1.807) is 7.11 Å². The summed E-state index contributed by atoms with van der Waals surface area (Å²) >= 11 is 0. The predicted octanol–water partition coefficient (Wildman–Crippen LogP) is 3.38. The third kappa shape index (κ3) is 1.58. The molecule has 0 spiro atoms.